The van der Waals surface area contributed by atoms with Crippen LogP contribution in [0.2, 0.25) is 0 Å². The van der Waals surface area contributed by atoms with Gasteiger partial charge in [0.25, 0.3) is 0 Å². The number of thiophene rings is 1. The van der Waals surface area contributed by atoms with E-state index in [2.05, 4.69) is 6.92 Å². The van der Waals surface area contributed by atoms with Gasteiger partial charge in [-0.15, -0.1) is 11.3 Å². The molecule has 0 saturated heterocycles. The van der Waals surface area contributed by atoms with Gasteiger partial charge < -0.3 is 9.52 Å². The van der Waals surface area contributed by atoms with Gasteiger partial charge in [-0.2, -0.15) is 0 Å². The molecule has 3 aromatic rings. The summed E-state index contributed by atoms with van der Waals surface area (Å²) >= 11 is 1.25. The summed E-state index contributed by atoms with van der Waals surface area (Å²) in [6.45, 7) is 2.08. The molecule has 2 heterocycles. The van der Waals surface area contributed by atoms with Crippen LogP contribution >= 0.6 is 11.3 Å². The minimum Gasteiger partial charge on any atom is -0.477 e. The van der Waals surface area contributed by atoms with Crippen molar-refractivity contribution < 1.29 is 14.3 Å². The lowest BCUT2D eigenvalue weighted by Crippen LogP contribution is -1.89. The summed E-state index contributed by atoms with van der Waals surface area (Å²) < 4.78 is 5.89. The van der Waals surface area contributed by atoms with Crippen LogP contribution < -0.4 is 0 Å². The molecule has 0 atom stereocenters. The third kappa shape index (κ3) is 1.94. The summed E-state index contributed by atoms with van der Waals surface area (Å²) in [7, 11) is 0. The number of benzene rings is 1. The summed E-state index contributed by atoms with van der Waals surface area (Å²) in [6, 6.07) is 11.3. The molecular weight excluding hydrogens is 260 g/mol. The standard InChI is InChI=1S/C15H12O3S/c1-2-9-10-5-3-4-6-11(10)18-14(9)12-7-8-13(19-12)15(16)17/h3-8H,2H2,1H3,(H,16,17). The number of carbonyl (C=O) groups is 1. The third-order valence-electron chi connectivity index (χ3n) is 3.09. The molecule has 0 aliphatic heterocycles. The summed E-state index contributed by atoms with van der Waals surface area (Å²) in [5, 5.41) is 10.1. The molecule has 0 amide bonds. The number of aryl methyl sites for hydroxylation is 1. The van der Waals surface area contributed by atoms with Gasteiger partial charge in [0.2, 0.25) is 0 Å². The van der Waals surface area contributed by atoms with Crippen molar-refractivity contribution in [3.05, 3.63) is 46.8 Å². The molecule has 19 heavy (non-hydrogen) atoms. The first-order valence-electron chi connectivity index (χ1n) is 6.04. The lowest BCUT2D eigenvalue weighted by Gasteiger charge is -1.96. The maximum atomic E-state index is 11.0. The Bertz CT molecular complexity index is 752. The average molecular weight is 272 g/mol. The Morgan fingerprint density at radius 3 is 2.74 bits per heavy atom. The summed E-state index contributed by atoms with van der Waals surface area (Å²) in [4.78, 5) is 12.1. The minimum atomic E-state index is -0.898. The molecule has 3 rings (SSSR count). The van der Waals surface area contributed by atoms with Crippen LogP contribution in [0.5, 0.6) is 0 Å². The van der Waals surface area contributed by atoms with Crippen molar-refractivity contribution in [1.29, 1.82) is 0 Å². The quantitative estimate of drug-likeness (QED) is 0.767. The zero-order chi connectivity index (χ0) is 13.4. The van der Waals surface area contributed by atoms with E-state index in [0.717, 1.165) is 33.6 Å². The lowest BCUT2D eigenvalue weighted by molar-refractivity contribution is 0.0702. The van der Waals surface area contributed by atoms with Gasteiger partial charge in [-0.3, -0.25) is 0 Å². The predicted octanol–water partition coefficient (Wildman–Crippen LogP) is 4.42. The molecule has 0 spiro atoms. The molecule has 0 unspecified atom stereocenters. The lowest BCUT2D eigenvalue weighted by atomic mass is 10.1. The molecule has 0 aliphatic rings. The fraction of sp³-hybridized carbons (Fsp3) is 0.133. The van der Waals surface area contributed by atoms with E-state index in [9.17, 15) is 4.79 Å². The number of furan rings is 1. The van der Waals surface area contributed by atoms with Crippen molar-refractivity contribution >= 4 is 28.3 Å². The Morgan fingerprint density at radius 1 is 1.26 bits per heavy atom. The SMILES string of the molecule is CCc1c(-c2ccc(C(=O)O)s2)oc2ccccc12. The van der Waals surface area contributed by atoms with Crippen molar-refractivity contribution in [2.75, 3.05) is 0 Å². The van der Waals surface area contributed by atoms with E-state index >= 15 is 0 Å². The van der Waals surface area contributed by atoms with Crippen molar-refractivity contribution in [3.8, 4) is 10.6 Å². The highest BCUT2D eigenvalue weighted by Gasteiger charge is 2.17. The van der Waals surface area contributed by atoms with E-state index in [-0.39, 0.29) is 0 Å². The highest BCUT2D eigenvalue weighted by molar-refractivity contribution is 7.17. The zero-order valence-corrected chi connectivity index (χ0v) is 11.2. The van der Waals surface area contributed by atoms with Gasteiger partial charge >= 0.3 is 5.97 Å². The number of hydrogen-bond donors (Lipinski definition) is 1. The Hall–Kier alpha value is -2.07. The highest BCUT2D eigenvalue weighted by atomic mass is 32.1. The Balaban J connectivity index is 2.20. The van der Waals surface area contributed by atoms with E-state index < -0.39 is 5.97 Å². The van der Waals surface area contributed by atoms with Gasteiger partial charge in [0.05, 0.1) is 4.88 Å². The third-order valence-corrected chi connectivity index (χ3v) is 4.16. The molecule has 3 nitrogen and oxygen atoms in total. The number of rotatable bonds is 3. The highest BCUT2D eigenvalue weighted by Crippen LogP contribution is 2.37. The fourth-order valence-corrected chi connectivity index (χ4v) is 3.08. The van der Waals surface area contributed by atoms with Gasteiger partial charge in [-0.25, -0.2) is 4.79 Å². The van der Waals surface area contributed by atoms with Crippen molar-refractivity contribution in [2.45, 2.75) is 13.3 Å². The molecule has 1 N–H and O–H groups in total. The summed E-state index contributed by atoms with van der Waals surface area (Å²) in [5.74, 6) is -0.105. The van der Waals surface area contributed by atoms with Gasteiger partial charge in [-0.1, -0.05) is 25.1 Å². The second-order valence-corrected chi connectivity index (χ2v) is 5.31. The fourth-order valence-electron chi connectivity index (χ4n) is 2.22. The smallest absolute Gasteiger partial charge is 0.345 e. The van der Waals surface area contributed by atoms with Crippen LogP contribution in [0.3, 0.4) is 0 Å². The molecule has 0 aliphatic carbocycles. The summed E-state index contributed by atoms with van der Waals surface area (Å²) in [5.41, 5.74) is 1.98. The van der Waals surface area contributed by atoms with Gasteiger partial charge in [0.1, 0.15) is 16.2 Å². The molecule has 96 valence electrons. The molecule has 2 aromatic heterocycles. The second-order valence-electron chi connectivity index (χ2n) is 4.23. The average Bonchev–Trinajstić information content (AvgIpc) is 3.02. The maximum absolute atomic E-state index is 11.0. The van der Waals surface area contributed by atoms with Crippen LogP contribution in [-0.2, 0) is 6.42 Å². The minimum absolute atomic E-state index is 0.331. The van der Waals surface area contributed by atoms with Gasteiger partial charge in [-0.05, 0) is 24.6 Å². The van der Waals surface area contributed by atoms with Crippen LogP contribution in [0, 0.1) is 0 Å². The predicted molar refractivity (Wildman–Crippen MR) is 75.9 cm³/mol. The number of hydrogen-bond acceptors (Lipinski definition) is 3. The van der Waals surface area contributed by atoms with Crippen molar-refractivity contribution in [2.24, 2.45) is 0 Å². The van der Waals surface area contributed by atoms with Gasteiger partial charge in [0.15, 0.2) is 0 Å². The van der Waals surface area contributed by atoms with Crippen LogP contribution in [-0.4, -0.2) is 11.1 Å². The molecule has 0 fully saturated rings. The van der Waals surface area contributed by atoms with Crippen molar-refractivity contribution in [1.82, 2.24) is 0 Å². The molecular formula is C15H12O3S. The van der Waals surface area contributed by atoms with Crippen LogP contribution in [0.4, 0.5) is 0 Å². The number of para-hydroxylation sites is 1. The van der Waals surface area contributed by atoms with Crippen LogP contribution in [0.1, 0.15) is 22.2 Å². The normalized spacial score (nSPS) is 11.0. The second kappa shape index (κ2) is 4.55. The van der Waals surface area contributed by atoms with Crippen LogP contribution in [0.25, 0.3) is 21.6 Å². The summed E-state index contributed by atoms with van der Waals surface area (Å²) in [6.07, 6.45) is 0.854. The number of fused-ring (bicyclic) bond motifs is 1. The molecule has 4 heteroatoms. The Kier molecular flexibility index (Phi) is 2.87. The molecule has 1 aromatic carbocycles. The first-order valence-corrected chi connectivity index (χ1v) is 6.86. The van der Waals surface area contributed by atoms with Gasteiger partial charge in [0, 0.05) is 10.9 Å². The zero-order valence-electron chi connectivity index (χ0n) is 10.3. The van der Waals surface area contributed by atoms with Crippen LogP contribution in [0.15, 0.2) is 40.8 Å². The molecule has 0 bridgehead atoms. The number of carboxylic acids is 1. The van der Waals surface area contributed by atoms with E-state index in [1.807, 2.05) is 30.3 Å². The van der Waals surface area contributed by atoms with E-state index in [0.29, 0.717) is 4.88 Å². The largest absolute Gasteiger partial charge is 0.477 e. The van der Waals surface area contributed by atoms with E-state index in [4.69, 9.17) is 9.52 Å². The maximum Gasteiger partial charge on any atom is 0.345 e. The first-order chi connectivity index (χ1) is 9.20. The molecule has 0 radical (unpaired) electrons. The van der Waals surface area contributed by atoms with Crippen molar-refractivity contribution in [3.63, 3.8) is 0 Å². The Morgan fingerprint density at radius 2 is 2.05 bits per heavy atom. The Labute approximate surface area is 114 Å². The first kappa shape index (κ1) is 12.0. The van der Waals surface area contributed by atoms with E-state index in [1.165, 1.54) is 11.3 Å². The monoisotopic (exact) mass is 272 g/mol. The number of carboxylic acid groups (broad SMARTS) is 1. The molecule has 0 saturated carbocycles. The number of aromatic carboxylic acids is 1. The topological polar surface area (TPSA) is 50.4 Å². The van der Waals surface area contributed by atoms with E-state index in [1.54, 1.807) is 6.07 Å².